The first-order valence-corrected chi connectivity index (χ1v) is 12.0. The van der Waals surface area contributed by atoms with E-state index < -0.39 is 11.2 Å². The van der Waals surface area contributed by atoms with Gasteiger partial charge in [-0.25, -0.2) is 0 Å². The summed E-state index contributed by atoms with van der Waals surface area (Å²) in [7, 11) is 1.57. The summed E-state index contributed by atoms with van der Waals surface area (Å²) in [4.78, 5) is 28.1. The molecule has 7 heteroatoms. The van der Waals surface area contributed by atoms with Crippen molar-refractivity contribution in [2.24, 2.45) is 0 Å². The lowest BCUT2D eigenvalue weighted by molar-refractivity contribution is -0.117. The van der Waals surface area contributed by atoms with Crippen LogP contribution in [0.4, 0.5) is 5.69 Å². The number of aryl methyl sites for hydroxylation is 1. The predicted molar refractivity (Wildman–Crippen MR) is 138 cm³/mol. The molecule has 1 N–H and O–H groups in total. The molecule has 35 heavy (non-hydrogen) atoms. The molecular weight excluding hydrogens is 458 g/mol. The molecule has 176 valence electrons. The van der Waals surface area contributed by atoms with E-state index in [0.29, 0.717) is 22.9 Å². The Kier molecular flexibility index (Phi) is 7.54. The summed E-state index contributed by atoms with van der Waals surface area (Å²) >= 11 is 1.26. The van der Waals surface area contributed by atoms with Crippen molar-refractivity contribution in [2.45, 2.75) is 25.1 Å². The fourth-order valence-corrected chi connectivity index (χ4v) is 5.18. The van der Waals surface area contributed by atoms with Gasteiger partial charge >= 0.3 is 0 Å². The van der Waals surface area contributed by atoms with Crippen molar-refractivity contribution in [1.29, 1.82) is 5.26 Å². The number of ether oxygens (including phenoxy) is 1. The van der Waals surface area contributed by atoms with Gasteiger partial charge in [-0.3, -0.25) is 14.5 Å². The van der Waals surface area contributed by atoms with Crippen molar-refractivity contribution in [3.05, 3.63) is 106 Å². The number of amides is 2. The van der Waals surface area contributed by atoms with Crippen LogP contribution in [0.5, 0.6) is 5.75 Å². The maximum absolute atomic E-state index is 13.6. The average molecular weight is 484 g/mol. The molecule has 4 rings (SSSR count). The van der Waals surface area contributed by atoms with Gasteiger partial charge in [0.1, 0.15) is 22.4 Å². The van der Waals surface area contributed by atoms with Crippen LogP contribution in [0.15, 0.2) is 89.5 Å². The first-order valence-electron chi connectivity index (χ1n) is 11.2. The maximum atomic E-state index is 13.6. The summed E-state index contributed by atoms with van der Waals surface area (Å²) in [5, 5.41) is 12.7. The number of thioether (sulfide) groups is 1. The van der Waals surface area contributed by atoms with Crippen LogP contribution >= 0.6 is 11.8 Å². The van der Waals surface area contributed by atoms with Gasteiger partial charge in [0, 0.05) is 12.2 Å². The molecule has 1 atom stereocenters. The molecule has 1 heterocycles. The summed E-state index contributed by atoms with van der Waals surface area (Å²) < 4.78 is 5.24. The second-order valence-corrected chi connectivity index (χ2v) is 9.32. The third kappa shape index (κ3) is 5.56. The zero-order valence-electron chi connectivity index (χ0n) is 19.5. The van der Waals surface area contributed by atoms with E-state index >= 15 is 0 Å². The lowest BCUT2D eigenvalue weighted by Crippen LogP contribution is -2.32. The van der Waals surface area contributed by atoms with Gasteiger partial charge in [-0.2, -0.15) is 5.26 Å². The Morgan fingerprint density at radius 1 is 1.06 bits per heavy atom. The number of methoxy groups -OCH3 is 1. The Hall–Kier alpha value is -4.02. The number of rotatable bonds is 7. The van der Waals surface area contributed by atoms with Gasteiger partial charge in [-0.05, 0) is 48.7 Å². The Morgan fingerprint density at radius 2 is 1.77 bits per heavy atom. The summed E-state index contributed by atoms with van der Waals surface area (Å²) in [5.41, 5.74) is 3.55. The van der Waals surface area contributed by atoms with Crippen molar-refractivity contribution < 1.29 is 14.3 Å². The summed E-state index contributed by atoms with van der Waals surface area (Å²) in [6.07, 6.45) is 0.492. The minimum atomic E-state index is -0.513. The van der Waals surface area contributed by atoms with Crippen molar-refractivity contribution in [2.75, 3.05) is 12.0 Å². The number of hydrogen-bond donors (Lipinski definition) is 1. The smallest absolute Gasteiger partial charge is 0.264 e. The van der Waals surface area contributed by atoms with Crippen LogP contribution in [0.2, 0.25) is 0 Å². The fourth-order valence-electron chi connectivity index (χ4n) is 3.87. The van der Waals surface area contributed by atoms with Gasteiger partial charge in [0.05, 0.1) is 12.4 Å². The molecule has 6 nitrogen and oxygen atoms in total. The van der Waals surface area contributed by atoms with E-state index in [9.17, 15) is 14.9 Å². The Morgan fingerprint density at radius 3 is 2.43 bits per heavy atom. The third-order valence-corrected chi connectivity index (χ3v) is 6.90. The molecule has 1 saturated heterocycles. The molecule has 3 aromatic carbocycles. The van der Waals surface area contributed by atoms with Gasteiger partial charge < -0.3 is 10.1 Å². The number of carbonyl (C=O) groups excluding carboxylic acids is 2. The monoisotopic (exact) mass is 483 g/mol. The molecule has 3 aromatic rings. The lowest BCUT2D eigenvalue weighted by atomic mass is 10.1. The molecule has 1 fully saturated rings. The summed E-state index contributed by atoms with van der Waals surface area (Å²) in [6.45, 7) is 2.29. The van der Waals surface area contributed by atoms with E-state index in [4.69, 9.17) is 4.74 Å². The molecule has 2 amide bonds. The second kappa shape index (κ2) is 10.9. The van der Waals surface area contributed by atoms with E-state index in [-0.39, 0.29) is 18.0 Å². The molecule has 0 spiro atoms. The number of anilines is 1. The molecule has 1 unspecified atom stereocenters. The van der Waals surface area contributed by atoms with Gasteiger partial charge in [0.25, 0.3) is 5.91 Å². The van der Waals surface area contributed by atoms with E-state index in [1.807, 2.05) is 67.6 Å². The van der Waals surface area contributed by atoms with Crippen molar-refractivity contribution in [3.63, 3.8) is 0 Å². The van der Waals surface area contributed by atoms with Crippen molar-refractivity contribution in [1.82, 2.24) is 5.32 Å². The minimum absolute atomic E-state index is 0.0816. The molecule has 0 aromatic heterocycles. The van der Waals surface area contributed by atoms with Gasteiger partial charge in [0.2, 0.25) is 5.91 Å². The van der Waals surface area contributed by atoms with E-state index in [1.54, 1.807) is 31.4 Å². The molecule has 0 bridgehead atoms. The number of nitriles is 1. The van der Waals surface area contributed by atoms with Crippen LogP contribution in [0.25, 0.3) is 0 Å². The Bertz CT molecular complexity index is 1300. The molecular formula is C28H25N3O3S. The normalized spacial score (nSPS) is 16.5. The molecule has 1 aliphatic rings. The van der Waals surface area contributed by atoms with E-state index in [0.717, 1.165) is 16.7 Å². The number of nitrogens with zero attached hydrogens (tertiary/aromatic N) is 2. The zero-order chi connectivity index (χ0) is 24.8. The summed E-state index contributed by atoms with van der Waals surface area (Å²) in [5.74, 6) is -0.0300. The van der Waals surface area contributed by atoms with Gasteiger partial charge in [0.15, 0.2) is 0 Å². The van der Waals surface area contributed by atoms with E-state index in [1.165, 1.54) is 16.7 Å². The van der Waals surface area contributed by atoms with Crippen LogP contribution in [-0.2, 0) is 22.6 Å². The van der Waals surface area contributed by atoms with Crippen LogP contribution in [0.3, 0.4) is 0 Å². The van der Waals surface area contributed by atoms with Crippen molar-refractivity contribution in [3.8, 4) is 11.8 Å². The number of carbonyl (C=O) groups is 2. The highest BCUT2D eigenvalue weighted by molar-refractivity contribution is 8.05. The third-order valence-electron chi connectivity index (χ3n) is 5.64. The lowest BCUT2D eigenvalue weighted by Gasteiger charge is -2.19. The quantitative estimate of drug-likeness (QED) is 0.388. The largest absolute Gasteiger partial charge is 0.497 e. The topological polar surface area (TPSA) is 82.4 Å². The standard InChI is InChI=1S/C28H25N3O3S/c1-19-7-6-10-21(15-19)16-25-27(33)31(22-11-13-23(34-2)14-12-22)28(35-25)24(17-29)26(32)30-18-20-8-4-3-5-9-20/h3-15,25H,16,18H2,1-2H3,(H,30,32)/b28-24-. The van der Waals surface area contributed by atoms with Crippen LogP contribution in [-0.4, -0.2) is 24.2 Å². The first kappa shape index (κ1) is 24.1. The highest BCUT2D eigenvalue weighted by Gasteiger charge is 2.40. The highest BCUT2D eigenvalue weighted by Crippen LogP contribution is 2.42. The Balaban J connectivity index is 1.67. The minimum Gasteiger partial charge on any atom is -0.497 e. The SMILES string of the molecule is COc1ccc(N2C(=O)C(Cc3cccc(C)c3)S/C2=C(/C#N)C(=O)NCc2ccccc2)cc1. The second-order valence-electron chi connectivity index (χ2n) is 8.13. The van der Waals surface area contributed by atoms with Crippen LogP contribution < -0.4 is 15.0 Å². The zero-order valence-corrected chi connectivity index (χ0v) is 20.3. The highest BCUT2D eigenvalue weighted by atomic mass is 32.2. The van der Waals surface area contributed by atoms with Gasteiger partial charge in [-0.1, -0.05) is 71.9 Å². The number of nitrogens with one attached hydrogen (secondary N) is 1. The van der Waals surface area contributed by atoms with E-state index in [2.05, 4.69) is 5.32 Å². The molecule has 0 saturated carbocycles. The maximum Gasteiger partial charge on any atom is 0.264 e. The first-order chi connectivity index (χ1) is 17.0. The molecule has 0 radical (unpaired) electrons. The van der Waals surface area contributed by atoms with Crippen molar-refractivity contribution >= 4 is 29.3 Å². The van der Waals surface area contributed by atoms with Gasteiger partial charge in [-0.15, -0.1) is 0 Å². The predicted octanol–water partition coefficient (Wildman–Crippen LogP) is 4.75. The average Bonchev–Trinajstić information content (AvgIpc) is 3.19. The Labute approximate surface area is 209 Å². The number of hydrogen-bond acceptors (Lipinski definition) is 5. The summed E-state index contributed by atoms with van der Waals surface area (Å²) in [6, 6.07) is 26.5. The van der Waals surface area contributed by atoms with Crippen LogP contribution in [0, 0.1) is 18.3 Å². The number of benzene rings is 3. The van der Waals surface area contributed by atoms with Crippen LogP contribution in [0.1, 0.15) is 16.7 Å². The molecule has 0 aliphatic carbocycles. The molecule has 1 aliphatic heterocycles. The fraction of sp³-hybridized carbons (Fsp3) is 0.179.